The van der Waals surface area contributed by atoms with Gasteiger partial charge >= 0.3 is 0 Å². The molecule has 2 atom stereocenters. The third kappa shape index (κ3) is 2.14. The van der Waals surface area contributed by atoms with Gasteiger partial charge in [0.15, 0.2) is 0 Å². The summed E-state index contributed by atoms with van der Waals surface area (Å²) in [5.74, 6) is 1.88. The third-order valence-electron chi connectivity index (χ3n) is 3.36. The largest absolute Gasteiger partial charge is 0.312 e. The maximum absolute atomic E-state index is 3.50. The minimum absolute atomic E-state index is 0.508. The molecule has 2 rings (SSSR count). The van der Waals surface area contributed by atoms with Gasteiger partial charge in [-0.3, -0.25) is 0 Å². The predicted octanol–water partition coefficient (Wildman–Crippen LogP) is 3.53. The third-order valence-corrected chi connectivity index (χ3v) is 5.04. The molecule has 1 aliphatic rings. The van der Waals surface area contributed by atoms with Gasteiger partial charge in [-0.2, -0.15) is 11.8 Å². The summed E-state index contributed by atoms with van der Waals surface area (Å²) in [6.45, 7) is 6.82. The lowest BCUT2D eigenvalue weighted by Gasteiger charge is -2.35. The van der Waals surface area contributed by atoms with Crippen molar-refractivity contribution in [2.75, 3.05) is 7.05 Å². The zero-order valence-electron chi connectivity index (χ0n) is 10.6. The van der Waals surface area contributed by atoms with E-state index in [9.17, 15) is 0 Å². The Morgan fingerprint density at radius 3 is 2.75 bits per heavy atom. The van der Waals surface area contributed by atoms with Gasteiger partial charge in [0.25, 0.3) is 0 Å². The molecule has 0 fully saturated rings. The average Bonchev–Trinajstić information content (AvgIpc) is 2.27. The first kappa shape index (κ1) is 12.0. The second kappa shape index (κ2) is 4.80. The number of thioether (sulfide) groups is 1. The molecule has 1 N–H and O–H groups in total. The van der Waals surface area contributed by atoms with Crippen LogP contribution in [0.4, 0.5) is 0 Å². The van der Waals surface area contributed by atoms with Gasteiger partial charge in [-0.15, -0.1) is 0 Å². The van der Waals surface area contributed by atoms with E-state index in [0.717, 1.165) is 11.7 Å². The first-order valence-corrected chi connectivity index (χ1v) is 7.06. The highest BCUT2D eigenvalue weighted by atomic mass is 32.2. The Balaban J connectivity index is 2.39. The SMILES string of the molecule is CNC1c2cc(C)ccc2CSC1C(C)C. The summed E-state index contributed by atoms with van der Waals surface area (Å²) in [4.78, 5) is 0. The highest BCUT2D eigenvalue weighted by molar-refractivity contribution is 7.99. The van der Waals surface area contributed by atoms with Gasteiger partial charge < -0.3 is 5.32 Å². The normalized spacial score (nSPS) is 24.6. The minimum Gasteiger partial charge on any atom is -0.312 e. The van der Waals surface area contributed by atoms with Crippen molar-refractivity contribution in [3.05, 3.63) is 34.9 Å². The molecule has 0 saturated heterocycles. The number of nitrogens with one attached hydrogen (secondary N) is 1. The zero-order chi connectivity index (χ0) is 11.7. The van der Waals surface area contributed by atoms with Crippen molar-refractivity contribution in [1.82, 2.24) is 5.32 Å². The maximum Gasteiger partial charge on any atom is 0.0443 e. The molecule has 0 saturated carbocycles. The van der Waals surface area contributed by atoms with Crippen LogP contribution in [0.25, 0.3) is 0 Å². The number of rotatable bonds is 2. The van der Waals surface area contributed by atoms with Gasteiger partial charge in [0.05, 0.1) is 0 Å². The number of fused-ring (bicyclic) bond motifs is 1. The van der Waals surface area contributed by atoms with Crippen LogP contribution in [0.5, 0.6) is 0 Å². The van der Waals surface area contributed by atoms with Crippen molar-refractivity contribution >= 4 is 11.8 Å². The summed E-state index contributed by atoms with van der Waals surface area (Å²) in [6, 6.07) is 7.38. The molecule has 0 radical (unpaired) electrons. The van der Waals surface area contributed by atoms with E-state index >= 15 is 0 Å². The maximum atomic E-state index is 3.50. The van der Waals surface area contributed by atoms with E-state index in [-0.39, 0.29) is 0 Å². The number of hydrogen-bond donors (Lipinski definition) is 1. The van der Waals surface area contributed by atoms with Gasteiger partial charge in [0.2, 0.25) is 0 Å². The molecule has 1 heterocycles. The van der Waals surface area contributed by atoms with Crippen molar-refractivity contribution in [3.8, 4) is 0 Å². The highest BCUT2D eigenvalue weighted by Gasteiger charge is 2.30. The Morgan fingerprint density at radius 2 is 2.12 bits per heavy atom. The predicted molar refractivity (Wildman–Crippen MR) is 72.9 cm³/mol. The van der Waals surface area contributed by atoms with E-state index in [2.05, 4.69) is 63.1 Å². The van der Waals surface area contributed by atoms with Crippen molar-refractivity contribution in [2.45, 2.75) is 37.8 Å². The van der Waals surface area contributed by atoms with Crippen LogP contribution < -0.4 is 5.32 Å². The molecule has 0 spiro atoms. The highest BCUT2D eigenvalue weighted by Crippen LogP contribution is 2.41. The summed E-state index contributed by atoms with van der Waals surface area (Å²) < 4.78 is 0. The zero-order valence-corrected chi connectivity index (χ0v) is 11.4. The molecular weight excluding hydrogens is 214 g/mol. The van der Waals surface area contributed by atoms with Crippen LogP contribution in [-0.2, 0) is 5.75 Å². The van der Waals surface area contributed by atoms with E-state index in [0.29, 0.717) is 11.3 Å². The van der Waals surface area contributed by atoms with Gasteiger partial charge in [-0.1, -0.05) is 37.6 Å². The second-order valence-corrected chi connectivity index (χ2v) is 6.15. The number of benzene rings is 1. The summed E-state index contributed by atoms with van der Waals surface area (Å²) in [5.41, 5.74) is 4.39. The Hall–Kier alpha value is -0.470. The van der Waals surface area contributed by atoms with E-state index in [1.54, 1.807) is 0 Å². The Bertz CT molecular complexity index is 373. The quantitative estimate of drug-likeness (QED) is 0.841. The van der Waals surface area contributed by atoms with Crippen LogP contribution in [0, 0.1) is 12.8 Å². The molecule has 88 valence electrons. The molecule has 0 amide bonds. The Kier molecular flexibility index (Phi) is 3.60. The summed E-state index contributed by atoms with van der Waals surface area (Å²) in [6.07, 6.45) is 0. The number of hydrogen-bond acceptors (Lipinski definition) is 2. The molecule has 1 nitrogen and oxygen atoms in total. The molecule has 16 heavy (non-hydrogen) atoms. The molecule has 2 heteroatoms. The van der Waals surface area contributed by atoms with E-state index < -0.39 is 0 Å². The van der Waals surface area contributed by atoms with Crippen LogP contribution in [0.3, 0.4) is 0 Å². The summed E-state index contributed by atoms with van der Waals surface area (Å²) in [7, 11) is 2.08. The van der Waals surface area contributed by atoms with Crippen LogP contribution >= 0.6 is 11.8 Å². The first-order valence-electron chi connectivity index (χ1n) is 6.01. The van der Waals surface area contributed by atoms with Crippen molar-refractivity contribution < 1.29 is 0 Å². The van der Waals surface area contributed by atoms with Crippen LogP contribution in [0.15, 0.2) is 18.2 Å². The lowest BCUT2D eigenvalue weighted by molar-refractivity contribution is 0.466. The van der Waals surface area contributed by atoms with E-state index in [1.807, 2.05) is 0 Å². The van der Waals surface area contributed by atoms with Crippen LogP contribution in [-0.4, -0.2) is 12.3 Å². The fourth-order valence-electron chi connectivity index (χ4n) is 2.49. The standard InChI is InChI=1S/C14H21NS/c1-9(2)14-13(15-4)12-7-10(3)5-6-11(12)8-16-14/h5-7,9,13-15H,8H2,1-4H3. The fourth-order valence-corrected chi connectivity index (χ4v) is 3.99. The molecule has 0 aliphatic carbocycles. The van der Waals surface area contributed by atoms with Crippen LogP contribution in [0.1, 0.15) is 36.6 Å². The van der Waals surface area contributed by atoms with Crippen LogP contribution in [0.2, 0.25) is 0 Å². The molecule has 1 aromatic rings. The summed E-state index contributed by atoms with van der Waals surface area (Å²) in [5, 5.41) is 4.19. The van der Waals surface area contributed by atoms with Crippen molar-refractivity contribution in [2.24, 2.45) is 5.92 Å². The lowest BCUT2D eigenvalue weighted by atomic mass is 9.91. The average molecular weight is 235 g/mol. The fraction of sp³-hybridized carbons (Fsp3) is 0.571. The Labute approximate surface area is 103 Å². The van der Waals surface area contributed by atoms with E-state index in [1.165, 1.54) is 16.7 Å². The monoisotopic (exact) mass is 235 g/mol. The smallest absolute Gasteiger partial charge is 0.0443 e. The first-order chi connectivity index (χ1) is 7.63. The van der Waals surface area contributed by atoms with Gasteiger partial charge in [-0.05, 0) is 31.0 Å². The summed E-state index contributed by atoms with van der Waals surface area (Å²) >= 11 is 2.09. The lowest BCUT2D eigenvalue weighted by Crippen LogP contribution is -2.34. The van der Waals surface area contributed by atoms with E-state index in [4.69, 9.17) is 0 Å². The topological polar surface area (TPSA) is 12.0 Å². The van der Waals surface area contributed by atoms with Crippen molar-refractivity contribution in [1.29, 1.82) is 0 Å². The number of aryl methyl sites for hydroxylation is 1. The van der Waals surface area contributed by atoms with Crippen molar-refractivity contribution in [3.63, 3.8) is 0 Å². The molecular formula is C14H21NS. The van der Waals surface area contributed by atoms with Gasteiger partial charge in [0, 0.05) is 17.0 Å². The Morgan fingerprint density at radius 1 is 1.38 bits per heavy atom. The minimum atomic E-state index is 0.508. The molecule has 1 aromatic carbocycles. The molecule has 0 aromatic heterocycles. The molecule has 1 aliphatic heterocycles. The van der Waals surface area contributed by atoms with Gasteiger partial charge in [0.1, 0.15) is 0 Å². The molecule has 0 bridgehead atoms. The van der Waals surface area contributed by atoms with Gasteiger partial charge in [-0.25, -0.2) is 0 Å². The molecule has 2 unspecified atom stereocenters. The second-order valence-electron chi connectivity index (χ2n) is 4.99.